The molecular formula is C23H27ClN2O5S. The molecular weight excluding hydrogens is 452 g/mol. The standard InChI is InChI=1S/C23H27ClN2O5S/c1-2-31-20-8-7-19(16-21(20)32(28,29)26-11-13-30-14-12-26)25-22(27)23(9-4-10-23)17-5-3-6-18(24)15-17/h3,5-8,15-16H,2,4,9-14H2,1H3,(H,25,27). The molecule has 32 heavy (non-hydrogen) atoms. The van der Waals surface area contributed by atoms with Gasteiger partial charge in [0.05, 0.1) is 25.2 Å². The Morgan fingerprint density at radius 2 is 1.94 bits per heavy atom. The molecule has 9 heteroatoms. The maximum Gasteiger partial charge on any atom is 0.246 e. The molecule has 0 bridgehead atoms. The van der Waals surface area contributed by atoms with Crippen LogP contribution < -0.4 is 10.1 Å². The first-order valence-corrected chi connectivity index (χ1v) is 12.6. The largest absolute Gasteiger partial charge is 0.492 e. The van der Waals surface area contributed by atoms with Crippen LogP contribution in [0.2, 0.25) is 5.02 Å². The van der Waals surface area contributed by atoms with Gasteiger partial charge in [-0.25, -0.2) is 8.42 Å². The lowest BCUT2D eigenvalue weighted by Gasteiger charge is -2.40. The Hall–Kier alpha value is -2.13. The topological polar surface area (TPSA) is 84.9 Å². The Bertz CT molecular complexity index is 1100. The molecule has 0 atom stereocenters. The number of nitrogens with zero attached hydrogens (tertiary/aromatic N) is 1. The lowest BCUT2D eigenvalue weighted by molar-refractivity contribution is -0.124. The quantitative estimate of drug-likeness (QED) is 0.654. The number of ether oxygens (including phenoxy) is 2. The summed E-state index contributed by atoms with van der Waals surface area (Å²) < 4.78 is 38.9. The molecule has 0 aromatic heterocycles. The first-order valence-electron chi connectivity index (χ1n) is 10.8. The van der Waals surface area contributed by atoms with Gasteiger partial charge in [-0.15, -0.1) is 0 Å². The minimum Gasteiger partial charge on any atom is -0.492 e. The Morgan fingerprint density at radius 1 is 1.19 bits per heavy atom. The van der Waals surface area contributed by atoms with E-state index in [-0.39, 0.29) is 29.6 Å². The van der Waals surface area contributed by atoms with Crippen LogP contribution in [0.1, 0.15) is 31.7 Å². The number of rotatable bonds is 7. The third-order valence-electron chi connectivity index (χ3n) is 6.11. The molecule has 2 aromatic rings. The van der Waals surface area contributed by atoms with E-state index >= 15 is 0 Å². The predicted octanol–water partition coefficient (Wildman–Crippen LogP) is 3.82. The van der Waals surface area contributed by atoms with Crippen molar-refractivity contribution in [3.63, 3.8) is 0 Å². The number of sulfonamides is 1. The zero-order chi connectivity index (χ0) is 22.8. The molecule has 2 aliphatic rings. The molecule has 1 saturated heterocycles. The van der Waals surface area contributed by atoms with E-state index in [2.05, 4.69) is 5.32 Å². The third-order valence-corrected chi connectivity index (χ3v) is 8.26. The number of hydrogen-bond donors (Lipinski definition) is 1. The molecule has 1 N–H and O–H groups in total. The minimum absolute atomic E-state index is 0.0458. The fourth-order valence-electron chi connectivity index (χ4n) is 4.20. The normalized spacial score (nSPS) is 18.6. The van der Waals surface area contributed by atoms with E-state index in [4.69, 9.17) is 21.1 Å². The van der Waals surface area contributed by atoms with Crippen molar-refractivity contribution in [3.8, 4) is 5.75 Å². The Kier molecular flexibility index (Phi) is 6.76. The van der Waals surface area contributed by atoms with E-state index in [1.807, 2.05) is 18.2 Å². The number of carbonyl (C=O) groups is 1. The van der Waals surface area contributed by atoms with Crippen molar-refractivity contribution in [2.75, 3.05) is 38.2 Å². The highest BCUT2D eigenvalue weighted by molar-refractivity contribution is 7.89. The van der Waals surface area contributed by atoms with Crippen LogP contribution in [0.3, 0.4) is 0 Å². The van der Waals surface area contributed by atoms with E-state index in [0.717, 1.165) is 24.8 Å². The number of anilines is 1. The highest BCUT2D eigenvalue weighted by atomic mass is 35.5. The van der Waals surface area contributed by atoms with Crippen molar-refractivity contribution < 1.29 is 22.7 Å². The Morgan fingerprint density at radius 3 is 2.56 bits per heavy atom. The maximum atomic E-state index is 13.3. The predicted molar refractivity (Wildman–Crippen MR) is 123 cm³/mol. The van der Waals surface area contributed by atoms with E-state index in [9.17, 15) is 13.2 Å². The lowest BCUT2D eigenvalue weighted by atomic mass is 9.64. The number of halogens is 1. The second kappa shape index (κ2) is 9.39. The van der Waals surface area contributed by atoms with Gasteiger partial charge in [-0.1, -0.05) is 30.2 Å². The van der Waals surface area contributed by atoms with Gasteiger partial charge in [-0.05, 0) is 55.7 Å². The highest BCUT2D eigenvalue weighted by Gasteiger charge is 2.45. The van der Waals surface area contributed by atoms with Crippen LogP contribution in [0.25, 0.3) is 0 Å². The number of hydrogen-bond acceptors (Lipinski definition) is 5. The number of amides is 1. The molecule has 172 valence electrons. The summed E-state index contributed by atoms with van der Waals surface area (Å²) in [6.07, 6.45) is 2.38. The summed E-state index contributed by atoms with van der Waals surface area (Å²) in [5.41, 5.74) is 0.631. The van der Waals surface area contributed by atoms with Gasteiger partial charge in [0.25, 0.3) is 0 Å². The van der Waals surface area contributed by atoms with E-state index in [1.165, 1.54) is 10.4 Å². The smallest absolute Gasteiger partial charge is 0.246 e. The fourth-order valence-corrected chi connectivity index (χ4v) is 5.96. The van der Waals surface area contributed by atoms with Gasteiger partial charge in [0.15, 0.2) is 0 Å². The monoisotopic (exact) mass is 478 g/mol. The molecule has 2 aromatic carbocycles. The van der Waals surface area contributed by atoms with Crippen molar-refractivity contribution in [1.29, 1.82) is 0 Å². The van der Waals surface area contributed by atoms with Crippen molar-refractivity contribution in [2.45, 2.75) is 36.5 Å². The number of carbonyl (C=O) groups excluding carboxylic acids is 1. The zero-order valence-corrected chi connectivity index (χ0v) is 19.5. The van der Waals surface area contributed by atoms with Crippen molar-refractivity contribution in [1.82, 2.24) is 4.31 Å². The molecule has 1 saturated carbocycles. The first-order chi connectivity index (χ1) is 15.4. The molecule has 1 aliphatic carbocycles. The van der Waals surface area contributed by atoms with Crippen LogP contribution in [-0.4, -0.2) is 51.5 Å². The summed E-state index contributed by atoms with van der Waals surface area (Å²) in [6, 6.07) is 12.1. The molecule has 1 amide bonds. The number of nitrogens with one attached hydrogen (secondary N) is 1. The minimum atomic E-state index is -3.80. The van der Waals surface area contributed by atoms with Gasteiger partial charge >= 0.3 is 0 Å². The van der Waals surface area contributed by atoms with Gasteiger partial charge < -0.3 is 14.8 Å². The van der Waals surface area contributed by atoms with Gasteiger partial charge in [0.2, 0.25) is 15.9 Å². The second-order valence-corrected chi connectivity index (χ2v) is 10.4. The lowest BCUT2D eigenvalue weighted by Crippen LogP contribution is -2.46. The average Bonchev–Trinajstić information content (AvgIpc) is 2.75. The number of morpholine rings is 1. The van der Waals surface area contributed by atoms with Crippen LogP contribution in [-0.2, 0) is 25.0 Å². The van der Waals surface area contributed by atoms with E-state index < -0.39 is 15.4 Å². The maximum absolute atomic E-state index is 13.3. The van der Waals surface area contributed by atoms with Crippen molar-refractivity contribution >= 4 is 33.2 Å². The summed E-state index contributed by atoms with van der Waals surface area (Å²) in [4.78, 5) is 13.4. The van der Waals surface area contributed by atoms with Crippen LogP contribution in [0.4, 0.5) is 5.69 Å². The molecule has 2 fully saturated rings. The second-order valence-electron chi connectivity index (χ2n) is 8.01. The van der Waals surface area contributed by atoms with Gasteiger partial charge in [-0.2, -0.15) is 4.31 Å². The summed E-state index contributed by atoms with van der Waals surface area (Å²) in [7, 11) is -3.80. The highest BCUT2D eigenvalue weighted by Crippen LogP contribution is 2.45. The van der Waals surface area contributed by atoms with Crippen molar-refractivity contribution in [2.24, 2.45) is 0 Å². The fraction of sp³-hybridized carbons (Fsp3) is 0.435. The third kappa shape index (κ3) is 4.37. The summed E-state index contributed by atoms with van der Waals surface area (Å²) in [6.45, 7) is 3.38. The SMILES string of the molecule is CCOc1ccc(NC(=O)C2(c3cccc(Cl)c3)CCC2)cc1S(=O)(=O)N1CCOCC1. The Balaban J connectivity index is 1.64. The molecule has 4 rings (SSSR count). The molecule has 1 heterocycles. The van der Waals surface area contributed by atoms with Crippen LogP contribution >= 0.6 is 11.6 Å². The van der Waals surface area contributed by atoms with Crippen molar-refractivity contribution in [3.05, 3.63) is 53.1 Å². The van der Waals surface area contributed by atoms with E-state index in [1.54, 1.807) is 25.1 Å². The van der Waals surface area contributed by atoms with E-state index in [0.29, 0.717) is 30.5 Å². The number of benzene rings is 2. The van der Waals surface area contributed by atoms with Crippen LogP contribution in [0, 0.1) is 0 Å². The summed E-state index contributed by atoms with van der Waals surface area (Å²) >= 11 is 6.16. The molecule has 0 spiro atoms. The zero-order valence-electron chi connectivity index (χ0n) is 18.0. The molecule has 0 radical (unpaired) electrons. The van der Waals surface area contributed by atoms with Crippen LogP contribution in [0.5, 0.6) is 5.75 Å². The summed E-state index contributed by atoms with van der Waals surface area (Å²) in [5.74, 6) is 0.107. The van der Waals surface area contributed by atoms with Gasteiger partial charge in [0, 0.05) is 23.8 Å². The van der Waals surface area contributed by atoms with Gasteiger partial charge in [0.1, 0.15) is 10.6 Å². The Labute approximate surface area is 193 Å². The summed E-state index contributed by atoms with van der Waals surface area (Å²) in [5, 5.41) is 3.53. The molecule has 1 aliphatic heterocycles. The van der Waals surface area contributed by atoms with Crippen LogP contribution in [0.15, 0.2) is 47.4 Å². The average molecular weight is 479 g/mol. The molecule has 7 nitrogen and oxygen atoms in total. The first kappa shape index (κ1) is 23.0. The van der Waals surface area contributed by atoms with Gasteiger partial charge in [-0.3, -0.25) is 4.79 Å². The molecule has 0 unspecified atom stereocenters.